The normalized spacial score (nSPS) is 14.6. The fraction of sp³-hybridized carbons (Fsp3) is 0.350. The van der Waals surface area contributed by atoms with Crippen molar-refractivity contribution in [3.05, 3.63) is 62.9 Å². The van der Waals surface area contributed by atoms with Crippen molar-refractivity contribution < 1.29 is 9.21 Å². The van der Waals surface area contributed by atoms with Gasteiger partial charge in [0.25, 0.3) is 11.5 Å². The molecule has 3 heterocycles. The first-order valence-corrected chi connectivity index (χ1v) is 10.2. The van der Waals surface area contributed by atoms with Crippen molar-refractivity contribution in [1.82, 2.24) is 20.0 Å². The Morgan fingerprint density at radius 3 is 2.57 bits per heavy atom. The Balaban J connectivity index is 1.57. The van der Waals surface area contributed by atoms with Gasteiger partial charge in [-0.1, -0.05) is 18.2 Å². The lowest BCUT2D eigenvalue weighted by molar-refractivity contribution is 0.0921. The standard InChI is InChI=1S/C20H21BrN4O3/c21-18-8-7-17(28-18)19(26)22-13-16-14-5-1-2-6-15(14)20(27)25(23-16)12-11-24-9-3-4-10-24/h1-2,5-8H,3-4,9-13H2,(H,22,26). The van der Waals surface area contributed by atoms with E-state index in [0.29, 0.717) is 22.3 Å². The smallest absolute Gasteiger partial charge is 0.287 e. The zero-order valence-electron chi connectivity index (χ0n) is 15.4. The van der Waals surface area contributed by atoms with E-state index in [1.165, 1.54) is 17.5 Å². The maximum Gasteiger partial charge on any atom is 0.287 e. The summed E-state index contributed by atoms with van der Waals surface area (Å²) < 4.78 is 7.30. The van der Waals surface area contributed by atoms with Crippen molar-refractivity contribution in [1.29, 1.82) is 0 Å². The SMILES string of the molecule is O=C(NCc1nn(CCN2CCCC2)c(=O)c2ccccc12)c1ccc(Br)o1. The molecular formula is C20H21BrN4O3. The van der Waals surface area contributed by atoms with Crippen LogP contribution >= 0.6 is 15.9 Å². The molecule has 0 saturated carbocycles. The summed E-state index contributed by atoms with van der Waals surface area (Å²) in [5, 5.41) is 8.75. The second-order valence-electron chi connectivity index (χ2n) is 6.86. The van der Waals surface area contributed by atoms with Crippen molar-refractivity contribution >= 4 is 32.6 Å². The fourth-order valence-corrected chi connectivity index (χ4v) is 3.82. The van der Waals surface area contributed by atoms with Crippen LogP contribution in [0.4, 0.5) is 0 Å². The highest BCUT2D eigenvalue weighted by Crippen LogP contribution is 2.16. The molecule has 1 aliphatic rings. The van der Waals surface area contributed by atoms with Gasteiger partial charge in [-0.3, -0.25) is 9.59 Å². The number of aromatic nitrogens is 2. The number of hydrogen-bond acceptors (Lipinski definition) is 5. The highest BCUT2D eigenvalue weighted by molar-refractivity contribution is 9.10. The summed E-state index contributed by atoms with van der Waals surface area (Å²) in [6.07, 6.45) is 2.42. The molecule has 1 aliphatic heterocycles. The van der Waals surface area contributed by atoms with Crippen molar-refractivity contribution in [2.24, 2.45) is 0 Å². The van der Waals surface area contributed by atoms with Gasteiger partial charge in [0.2, 0.25) is 0 Å². The van der Waals surface area contributed by atoms with Crippen LogP contribution in [0.3, 0.4) is 0 Å². The largest absolute Gasteiger partial charge is 0.444 e. The van der Waals surface area contributed by atoms with Gasteiger partial charge in [0, 0.05) is 11.9 Å². The molecule has 146 valence electrons. The second-order valence-corrected chi connectivity index (χ2v) is 7.64. The van der Waals surface area contributed by atoms with E-state index in [1.807, 2.05) is 18.2 Å². The van der Waals surface area contributed by atoms with Gasteiger partial charge in [-0.05, 0) is 60.1 Å². The van der Waals surface area contributed by atoms with E-state index in [2.05, 4.69) is 31.2 Å². The van der Waals surface area contributed by atoms with E-state index in [9.17, 15) is 9.59 Å². The Morgan fingerprint density at radius 2 is 1.86 bits per heavy atom. The summed E-state index contributed by atoms with van der Waals surface area (Å²) in [4.78, 5) is 27.5. The summed E-state index contributed by atoms with van der Waals surface area (Å²) in [6, 6.07) is 10.6. The maximum absolute atomic E-state index is 12.8. The third-order valence-corrected chi connectivity index (χ3v) is 5.41. The lowest BCUT2D eigenvalue weighted by atomic mass is 10.1. The number of carbonyl (C=O) groups excluding carboxylic acids is 1. The number of amides is 1. The molecule has 4 rings (SSSR count). The number of fused-ring (bicyclic) bond motifs is 1. The van der Waals surface area contributed by atoms with E-state index in [0.717, 1.165) is 25.0 Å². The molecule has 3 aromatic rings. The molecule has 0 bridgehead atoms. The topological polar surface area (TPSA) is 80.4 Å². The Kier molecular flexibility index (Phi) is 5.59. The highest BCUT2D eigenvalue weighted by Gasteiger charge is 2.16. The quantitative estimate of drug-likeness (QED) is 0.631. The monoisotopic (exact) mass is 444 g/mol. The lowest BCUT2D eigenvalue weighted by Gasteiger charge is -2.16. The lowest BCUT2D eigenvalue weighted by Crippen LogP contribution is -2.32. The van der Waals surface area contributed by atoms with E-state index in [4.69, 9.17) is 4.42 Å². The molecule has 1 N–H and O–H groups in total. The molecule has 2 aromatic heterocycles. The highest BCUT2D eigenvalue weighted by atomic mass is 79.9. The Labute approximate surface area is 170 Å². The van der Waals surface area contributed by atoms with Crippen LogP contribution in [-0.4, -0.2) is 40.2 Å². The van der Waals surface area contributed by atoms with Gasteiger partial charge >= 0.3 is 0 Å². The van der Waals surface area contributed by atoms with Gasteiger partial charge in [0.15, 0.2) is 10.4 Å². The third-order valence-electron chi connectivity index (χ3n) is 4.98. The predicted molar refractivity (Wildman–Crippen MR) is 109 cm³/mol. The van der Waals surface area contributed by atoms with Crippen molar-refractivity contribution in [2.75, 3.05) is 19.6 Å². The zero-order chi connectivity index (χ0) is 19.5. The number of benzene rings is 1. The van der Waals surface area contributed by atoms with E-state index >= 15 is 0 Å². The number of hydrogen-bond donors (Lipinski definition) is 1. The molecule has 0 atom stereocenters. The van der Waals surface area contributed by atoms with Crippen molar-refractivity contribution in [3.63, 3.8) is 0 Å². The minimum Gasteiger partial charge on any atom is -0.444 e. The molecule has 1 saturated heterocycles. The van der Waals surface area contributed by atoms with Crippen LogP contribution in [-0.2, 0) is 13.1 Å². The van der Waals surface area contributed by atoms with Gasteiger partial charge in [0.1, 0.15) is 0 Å². The van der Waals surface area contributed by atoms with Gasteiger partial charge in [-0.15, -0.1) is 0 Å². The number of likely N-dealkylation sites (tertiary alicyclic amines) is 1. The van der Waals surface area contributed by atoms with Crippen LogP contribution in [0.5, 0.6) is 0 Å². The Hall–Kier alpha value is -2.45. The first-order valence-electron chi connectivity index (χ1n) is 9.36. The van der Waals surface area contributed by atoms with E-state index < -0.39 is 0 Å². The zero-order valence-corrected chi connectivity index (χ0v) is 16.9. The third kappa shape index (κ3) is 4.02. The molecule has 0 spiro atoms. The molecule has 28 heavy (non-hydrogen) atoms. The number of furan rings is 1. The summed E-state index contributed by atoms with van der Waals surface area (Å²) in [7, 11) is 0. The fourth-order valence-electron chi connectivity index (χ4n) is 3.52. The average molecular weight is 445 g/mol. The average Bonchev–Trinajstić information content (AvgIpc) is 3.38. The summed E-state index contributed by atoms with van der Waals surface area (Å²) >= 11 is 3.19. The molecule has 7 nitrogen and oxygen atoms in total. The predicted octanol–water partition coefficient (Wildman–Crippen LogP) is 2.78. The molecule has 1 aromatic carbocycles. The van der Waals surface area contributed by atoms with Crippen LogP contribution in [0, 0.1) is 0 Å². The minimum absolute atomic E-state index is 0.0974. The van der Waals surface area contributed by atoms with Crippen LogP contribution in [0.1, 0.15) is 29.1 Å². The van der Waals surface area contributed by atoms with Crippen molar-refractivity contribution in [2.45, 2.75) is 25.9 Å². The number of rotatable bonds is 6. The summed E-state index contributed by atoms with van der Waals surface area (Å²) in [5.74, 6) is -0.107. The second kappa shape index (κ2) is 8.28. The number of halogens is 1. The van der Waals surface area contributed by atoms with Gasteiger partial charge in [-0.2, -0.15) is 5.10 Å². The van der Waals surface area contributed by atoms with Gasteiger partial charge in [0.05, 0.1) is 24.2 Å². The first-order chi connectivity index (χ1) is 13.6. The Bertz CT molecular complexity index is 1050. The molecule has 0 aliphatic carbocycles. The number of carbonyl (C=O) groups is 1. The van der Waals surface area contributed by atoms with Gasteiger partial charge < -0.3 is 14.6 Å². The molecule has 8 heteroatoms. The first kappa shape index (κ1) is 18.9. The summed E-state index contributed by atoms with van der Waals surface area (Å²) in [5.41, 5.74) is 0.565. The minimum atomic E-state index is -0.327. The molecule has 0 unspecified atom stereocenters. The maximum atomic E-state index is 12.8. The Morgan fingerprint density at radius 1 is 1.11 bits per heavy atom. The number of nitrogens with one attached hydrogen (secondary N) is 1. The van der Waals surface area contributed by atoms with Crippen LogP contribution in [0.15, 0.2) is 50.3 Å². The van der Waals surface area contributed by atoms with E-state index in [1.54, 1.807) is 18.2 Å². The molecule has 0 radical (unpaired) electrons. The van der Waals surface area contributed by atoms with Crippen LogP contribution < -0.4 is 10.9 Å². The number of nitrogens with zero attached hydrogens (tertiary/aromatic N) is 3. The van der Waals surface area contributed by atoms with Crippen LogP contribution in [0.2, 0.25) is 0 Å². The molecular weight excluding hydrogens is 424 g/mol. The van der Waals surface area contributed by atoms with Crippen molar-refractivity contribution in [3.8, 4) is 0 Å². The summed E-state index contributed by atoms with van der Waals surface area (Å²) in [6.45, 7) is 3.70. The van der Waals surface area contributed by atoms with E-state index in [-0.39, 0.29) is 23.8 Å². The molecule has 1 amide bonds. The molecule has 1 fully saturated rings. The van der Waals surface area contributed by atoms with Crippen LogP contribution in [0.25, 0.3) is 10.8 Å². The van der Waals surface area contributed by atoms with Gasteiger partial charge in [-0.25, -0.2) is 4.68 Å².